The van der Waals surface area contributed by atoms with E-state index in [2.05, 4.69) is 25.9 Å². The van der Waals surface area contributed by atoms with Crippen molar-refractivity contribution in [1.29, 1.82) is 0 Å². The Morgan fingerprint density at radius 3 is 2.68 bits per heavy atom. The van der Waals surface area contributed by atoms with Gasteiger partial charge in [-0.3, -0.25) is 8.98 Å². The molecule has 1 aliphatic rings. The van der Waals surface area contributed by atoms with Crippen molar-refractivity contribution in [2.24, 2.45) is 0 Å². The molecule has 0 bridgehead atoms. The Kier molecular flexibility index (Phi) is 7.37. The van der Waals surface area contributed by atoms with Crippen LogP contribution in [0.5, 0.6) is 5.88 Å². The Hall–Kier alpha value is -1.99. The summed E-state index contributed by atoms with van der Waals surface area (Å²) in [4.78, 5) is 13.6. The minimum absolute atomic E-state index is 0.0280. The number of unbranched alkanes of at least 4 members (excludes halogenated alkanes) is 1. The van der Waals surface area contributed by atoms with Gasteiger partial charge >= 0.3 is 11.4 Å². The normalized spacial score (nSPS) is 16.1. The smallest absolute Gasteiger partial charge is 0.359 e. The van der Waals surface area contributed by atoms with Crippen molar-refractivity contribution in [2.75, 3.05) is 6.61 Å². The van der Waals surface area contributed by atoms with E-state index in [1.807, 2.05) is 26.8 Å². The van der Waals surface area contributed by atoms with E-state index < -0.39 is 11.4 Å². The van der Waals surface area contributed by atoms with Crippen LogP contribution in [0.15, 0.2) is 12.3 Å². The molecule has 1 unspecified atom stereocenters. The summed E-state index contributed by atoms with van der Waals surface area (Å²) in [5, 5.41) is 4.28. The molecule has 170 valence electrons. The Bertz CT molecular complexity index is 994. The summed E-state index contributed by atoms with van der Waals surface area (Å²) in [5.74, 6) is 0.0291. The van der Waals surface area contributed by atoms with Crippen LogP contribution in [-0.4, -0.2) is 26.4 Å². The summed E-state index contributed by atoms with van der Waals surface area (Å²) >= 11 is -1.98. The van der Waals surface area contributed by atoms with Gasteiger partial charge in [-0.15, -0.1) is 0 Å². The third-order valence-electron chi connectivity index (χ3n) is 6.23. The lowest BCUT2D eigenvalue weighted by Gasteiger charge is -2.36. The van der Waals surface area contributed by atoms with E-state index in [1.54, 1.807) is 4.68 Å². The fourth-order valence-electron chi connectivity index (χ4n) is 4.62. The molecule has 0 saturated heterocycles. The molecule has 1 heterocycles. The Morgan fingerprint density at radius 1 is 1.26 bits per heavy atom. The van der Waals surface area contributed by atoms with Gasteiger partial charge in [-0.05, 0) is 80.2 Å². The van der Waals surface area contributed by atoms with Crippen molar-refractivity contribution in [1.82, 2.24) is 9.78 Å². The topological polar surface area (TPSA) is 70.4 Å². The molecular weight excluding hydrogens is 412 g/mol. The number of aromatic nitrogens is 2. The summed E-state index contributed by atoms with van der Waals surface area (Å²) in [6.45, 7) is 13.4. The number of rotatable bonds is 9. The molecule has 0 fully saturated rings. The second kappa shape index (κ2) is 9.65. The molecule has 0 aliphatic heterocycles. The lowest BCUT2D eigenvalue weighted by atomic mass is 9.68. The van der Waals surface area contributed by atoms with Crippen LogP contribution in [0.4, 0.5) is 0 Å². The molecule has 3 rings (SSSR count). The van der Waals surface area contributed by atoms with Gasteiger partial charge in [0.05, 0.1) is 12.8 Å². The highest BCUT2D eigenvalue weighted by molar-refractivity contribution is 7.75. The molecule has 1 aromatic heterocycles. The SMILES string of the molecule is CCCCOS(=O)Oc1c(C(=O)c2cc(C)c3c(c2C)C(C)(C)CCC3)cnn1CC. The number of fused-ring (bicyclic) bond motifs is 1. The molecule has 31 heavy (non-hydrogen) atoms. The highest BCUT2D eigenvalue weighted by Gasteiger charge is 2.33. The molecule has 1 aromatic carbocycles. The lowest BCUT2D eigenvalue weighted by molar-refractivity contribution is 0.103. The number of hydrogen-bond donors (Lipinski definition) is 0. The van der Waals surface area contributed by atoms with E-state index in [0.717, 1.165) is 36.8 Å². The molecule has 0 amide bonds. The average Bonchev–Trinajstić information content (AvgIpc) is 3.12. The van der Waals surface area contributed by atoms with Crippen LogP contribution in [0.1, 0.15) is 91.6 Å². The van der Waals surface area contributed by atoms with Gasteiger partial charge in [0.15, 0.2) is 5.78 Å². The predicted octanol–water partition coefficient (Wildman–Crippen LogP) is 5.14. The highest BCUT2D eigenvalue weighted by atomic mass is 32.2. The minimum Gasteiger partial charge on any atom is -0.359 e. The fourth-order valence-corrected chi connectivity index (χ4v) is 5.23. The van der Waals surface area contributed by atoms with E-state index in [0.29, 0.717) is 24.3 Å². The number of ketones is 1. The molecule has 0 saturated carbocycles. The van der Waals surface area contributed by atoms with Crippen LogP contribution in [-0.2, 0) is 33.9 Å². The van der Waals surface area contributed by atoms with E-state index in [-0.39, 0.29) is 17.1 Å². The van der Waals surface area contributed by atoms with Gasteiger partial charge in [0.1, 0.15) is 5.56 Å². The maximum absolute atomic E-state index is 13.6. The molecule has 1 atom stereocenters. The van der Waals surface area contributed by atoms with Crippen molar-refractivity contribution in [3.63, 3.8) is 0 Å². The first-order valence-corrected chi connectivity index (χ1v) is 12.2. The molecule has 7 heteroatoms. The number of carbonyl (C=O) groups excluding carboxylic acids is 1. The summed E-state index contributed by atoms with van der Waals surface area (Å²) in [5.41, 5.74) is 5.82. The summed E-state index contributed by atoms with van der Waals surface area (Å²) in [6, 6.07) is 1.99. The zero-order chi connectivity index (χ0) is 22.8. The number of benzene rings is 1. The van der Waals surface area contributed by atoms with Crippen molar-refractivity contribution < 1.29 is 17.4 Å². The van der Waals surface area contributed by atoms with E-state index >= 15 is 0 Å². The Morgan fingerprint density at radius 2 is 2.00 bits per heavy atom. The maximum atomic E-state index is 13.6. The summed E-state index contributed by atoms with van der Waals surface area (Å²) in [6.07, 6.45) is 6.55. The molecule has 0 N–H and O–H groups in total. The van der Waals surface area contributed by atoms with Crippen LogP contribution in [0.3, 0.4) is 0 Å². The van der Waals surface area contributed by atoms with Gasteiger partial charge in [-0.1, -0.05) is 27.2 Å². The van der Waals surface area contributed by atoms with Crippen molar-refractivity contribution in [3.8, 4) is 5.88 Å². The molecule has 1 aliphatic carbocycles. The van der Waals surface area contributed by atoms with Crippen LogP contribution in [0.25, 0.3) is 0 Å². The summed E-state index contributed by atoms with van der Waals surface area (Å²) in [7, 11) is 0. The summed E-state index contributed by atoms with van der Waals surface area (Å²) < 4.78 is 24.6. The van der Waals surface area contributed by atoms with Crippen LogP contribution in [0.2, 0.25) is 0 Å². The zero-order valence-electron chi connectivity index (χ0n) is 19.5. The maximum Gasteiger partial charge on any atom is 0.361 e. The quantitative estimate of drug-likeness (QED) is 0.394. The number of aryl methyl sites for hydroxylation is 2. The van der Waals surface area contributed by atoms with Crippen molar-refractivity contribution in [2.45, 2.75) is 85.6 Å². The van der Waals surface area contributed by atoms with E-state index in [1.165, 1.54) is 23.7 Å². The van der Waals surface area contributed by atoms with Gasteiger partial charge in [-0.25, -0.2) is 4.68 Å². The molecule has 6 nitrogen and oxygen atoms in total. The first kappa shape index (κ1) is 23.7. The van der Waals surface area contributed by atoms with Crippen molar-refractivity contribution in [3.05, 3.63) is 45.6 Å². The van der Waals surface area contributed by atoms with Gasteiger partial charge in [0.2, 0.25) is 5.88 Å². The molecular formula is C24H34N2O4S. The molecule has 0 radical (unpaired) electrons. The fraction of sp³-hybridized carbons (Fsp3) is 0.583. The second-order valence-corrected chi connectivity index (χ2v) is 9.74. The average molecular weight is 447 g/mol. The first-order valence-electron chi connectivity index (χ1n) is 11.2. The standard InChI is InChI=1S/C24H34N2O4S/c1-7-9-13-29-31(28)30-23-20(15-25-26(23)8-2)22(27)19-14-16(3)18-11-10-12-24(5,6)21(18)17(19)4/h14-15H,7-13H2,1-6H3. The number of nitrogens with zero attached hydrogens (tertiary/aromatic N) is 2. The Balaban J connectivity index is 2.00. The van der Waals surface area contributed by atoms with Crippen LogP contribution >= 0.6 is 0 Å². The largest absolute Gasteiger partial charge is 0.361 e. The van der Waals surface area contributed by atoms with Crippen LogP contribution in [0, 0.1) is 13.8 Å². The number of carbonyl (C=O) groups is 1. The lowest BCUT2D eigenvalue weighted by Crippen LogP contribution is -2.27. The Labute approximate surface area is 188 Å². The predicted molar refractivity (Wildman–Crippen MR) is 123 cm³/mol. The van der Waals surface area contributed by atoms with Gasteiger partial charge in [-0.2, -0.15) is 9.31 Å². The third-order valence-corrected chi connectivity index (χ3v) is 6.88. The highest BCUT2D eigenvalue weighted by Crippen LogP contribution is 2.42. The van der Waals surface area contributed by atoms with Crippen LogP contribution < -0.4 is 4.18 Å². The molecule has 0 spiro atoms. The third kappa shape index (κ3) is 4.77. The van der Waals surface area contributed by atoms with E-state index in [4.69, 9.17) is 8.37 Å². The van der Waals surface area contributed by atoms with Crippen molar-refractivity contribution >= 4 is 17.1 Å². The second-order valence-electron chi connectivity index (χ2n) is 8.93. The number of hydrogen-bond acceptors (Lipinski definition) is 5. The molecule has 2 aromatic rings. The van der Waals surface area contributed by atoms with Gasteiger partial charge in [0, 0.05) is 12.1 Å². The minimum atomic E-state index is -1.98. The first-order chi connectivity index (χ1) is 14.7. The zero-order valence-corrected chi connectivity index (χ0v) is 20.4. The van der Waals surface area contributed by atoms with E-state index in [9.17, 15) is 9.00 Å². The monoisotopic (exact) mass is 446 g/mol. The van der Waals surface area contributed by atoms with Gasteiger partial charge < -0.3 is 4.18 Å². The van der Waals surface area contributed by atoms with Gasteiger partial charge in [0.25, 0.3) is 0 Å².